The standard InChI is InChI=1S/C13H16BrNO4S/c1-19-11-4-3-8(7-9(11)14)12(16)15-10(13(17)18)5-6-20-2/h3-4,7,10H,5-6H2,1-2H3,(H,15,16)(H,17,18). The molecule has 0 heterocycles. The predicted octanol–water partition coefficient (Wildman–Crippen LogP) is 2.39. The molecule has 0 aromatic heterocycles. The van der Waals surface area contributed by atoms with Crippen LogP contribution in [0.15, 0.2) is 22.7 Å². The Hall–Kier alpha value is -1.21. The minimum absolute atomic E-state index is 0.382. The van der Waals surface area contributed by atoms with Crippen molar-refractivity contribution in [2.45, 2.75) is 12.5 Å². The zero-order valence-electron chi connectivity index (χ0n) is 11.2. The molecule has 1 rings (SSSR count). The number of carboxylic acid groups (broad SMARTS) is 1. The molecule has 0 aliphatic carbocycles. The Kier molecular flexibility index (Phi) is 6.87. The molecule has 0 fully saturated rings. The summed E-state index contributed by atoms with van der Waals surface area (Å²) in [6, 6.07) is 3.96. The molecule has 0 saturated carbocycles. The van der Waals surface area contributed by atoms with Gasteiger partial charge in [-0.25, -0.2) is 4.79 Å². The van der Waals surface area contributed by atoms with Gasteiger partial charge in [-0.15, -0.1) is 0 Å². The molecule has 20 heavy (non-hydrogen) atoms. The van der Waals surface area contributed by atoms with Crippen LogP contribution in [0.3, 0.4) is 0 Å². The van der Waals surface area contributed by atoms with E-state index in [1.54, 1.807) is 18.2 Å². The van der Waals surface area contributed by atoms with Crippen molar-refractivity contribution in [1.82, 2.24) is 5.32 Å². The number of carbonyl (C=O) groups is 2. The van der Waals surface area contributed by atoms with Crippen molar-refractivity contribution in [3.63, 3.8) is 0 Å². The number of halogens is 1. The Morgan fingerprint density at radius 2 is 2.20 bits per heavy atom. The molecule has 7 heteroatoms. The first kappa shape index (κ1) is 16.8. The maximum absolute atomic E-state index is 12.0. The van der Waals surface area contributed by atoms with E-state index in [2.05, 4.69) is 21.2 Å². The first-order valence-corrected chi connectivity index (χ1v) is 8.04. The Bertz CT molecular complexity index is 495. The van der Waals surface area contributed by atoms with Crippen molar-refractivity contribution in [1.29, 1.82) is 0 Å². The number of thioether (sulfide) groups is 1. The van der Waals surface area contributed by atoms with Crippen LogP contribution in [-0.4, -0.2) is 42.1 Å². The normalized spacial score (nSPS) is 11.8. The number of methoxy groups -OCH3 is 1. The van der Waals surface area contributed by atoms with Gasteiger partial charge in [-0.05, 0) is 52.6 Å². The van der Waals surface area contributed by atoms with Gasteiger partial charge in [0.15, 0.2) is 0 Å². The van der Waals surface area contributed by atoms with E-state index in [1.807, 2.05) is 6.26 Å². The highest BCUT2D eigenvalue weighted by Crippen LogP contribution is 2.25. The molecule has 1 atom stereocenters. The summed E-state index contributed by atoms with van der Waals surface area (Å²) >= 11 is 4.83. The lowest BCUT2D eigenvalue weighted by Crippen LogP contribution is -2.41. The quantitative estimate of drug-likeness (QED) is 0.779. The van der Waals surface area contributed by atoms with Crippen LogP contribution in [0, 0.1) is 0 Å². The van der Waals surface area contributed by atoms with Crippen molar-refractivity contribution < 1.29 is 19.4 Å². The van der Waals surface area contributed by atoms with Crippen LogP contribution in [0.25, 0.3) is 0 Å². The lowest BCUT2D eigenvalue weighted by Gasteiger charge is -2.14. The van der Waals surface area contributed by atoms with Crippen LogP contribution in [0.2, 0.25) is 0 Å². The molecular formula is C13H16BrNO4S. The molecule has 1 aromatic rings. The van der Waals surface area contributed by atoms with Crippen LogP contribution < -0.4 is 10.1 Å². The van der Waals surface area contributed by atoms with Gasteiger partial charge in [0.05, 0.1) is 11.6 Å². The summed E-state index contributed by atoms with van der Waals surface area (Å²) in [5.41, 5.74) is 0.382. The van der Waals surface area contributed by atoms with Crippen molar-refractivity contribution in [2.75, 3.05) is 19.1 Å². The fourth-order valence-corrected chi connectivity index (χ4v) is 2.55. The summed E-state index contributed by atoms with van der Waals surface area (Å²) in [4.78, 5) is 23.1. The summed E-state index contributed by atoms with van der Waals surface area (Å²) in [6.45, 7) is 0. The fraction of sp³-hybridized carbons (Fsp3) is 0.385. The van der Waals surface area contributed by atoms with Crippen LogP contribution in [0.5, 0.6) is 5.75 Å². The van der Waals surface area contributed by atoms with Gasteiger partial charge in [0.25, 0.3) is 5.91 Å². The summed E-state index contributed by atoms with van der Waals surface area (Å²) in [7, 11) is 1.53. The zero-order chi connectivity index (χ0) is 15.1. The second-order valence-corrected chi connectivity index (χ2v) is 5.84. The topological polar surface area (TPSA) is 75.6 Å². The van der Waals surface area contributed by atoms with Gasteiger partial charge >= 0.3 is 5.97 Å². The third-order valence-electron chi connectivity index (χ3n) is 2.63. The number of aliphatic carboxylic acids is 1. The van der Waals surface area contributed by atoms with Gasteiger partial charge in [0.1, 0.15) is 11.8 Å². The Morgan fingerprint density at radius 1 is 1.50 bits per heavy atom. The van der Waals surface area contributed by atoms with E-state index in [0.29, 0.717) is 28.0 Å². The van der Waals surface area contributed by atoms with Gasteiger partial charge in [0, 0.05) is 5.56 Å². The van der Waals surface area contributed by atoms with Gasteiger partial charge in [-0.1, -0.05) is 0 Å². The fourth-order valence-electron chi connectivity index (χ4n) is 1.54. The number of ether oxygens (including phenoxy) is 1. The Balaban J connectivity index is 2.78. The van der Waals surface area contributed by atoms with E-state index in [-0.39, 0.29) is 0 Å². The Labute approximate surface area is 130 Å². The molecule has 1 amide bonds. The molecular weight excluding hydrogens is 346 g/mol. The van der Waals surface area contributed by atoms with E-state index in [1.165, 1.54) is 18.9 Å². The molecule has 1 unspecified atom stereocenters. The van der Waals surface area contributed by atoms with E-state index < -0.39 is 17.9 Å². The number of hydrogen-bond donors (Lipinski definition) is 2. The molecule has 0 aliphatic rings. The lowest BCUT2D eigenvalue weighted by molar-refractivity contribution is -0.139. The third kappa shape index (κ3) is 4.72. The number of carbonyl (C=O) groups excluding carboxylic acids is 1. The molecule has 1 aromatic carbocycles. The number of amides is 1. The summed E-state index contributed by atoms with van der Waals surface area (Å²) in [5, 5.41) is 11.6. The average Bonchev–Trinajstić information content (AvgIpc) is 2.42. The minimum Gasteiger partial charge on any atom is -0.496 e. The highest BCUT2D eigenvalue weighted by Gasteiger charge is 2.20. The summed E-state index contributed by atoms with van der Waals surface area (Å²) in [5.74, 6) is -0.163. The molecule has 110 valence electrons. The van der Waals surface area contributed by atoms with Crippen LogP contribution >= 0.6 is 27.7 Å². The molecule has 0 bridgehead atoms. The van der Waals surface area contributed by atoms with E-state index in [0.717, 1.165) is 0 Å². The van der Waals surface area contributed by atoms with Crippen molar-refractivity contribution in [3.8, 4) is 5.75 Å². The molecule has 0 aliphatic heterocycles. The smallest absolute Gasteiger partial charge is 0.326 e. The van der Waals surface area contributed by atoms with Crippen molar-refractivity contribution in [3.05, 3.63) is 28.2 Å². The van der Waals surface area contributed by atoms with Gasteiger partial charge in [0.2, 0.25) is 0 Å². The largest absolute Gasteiger partial charge is 0.496 e. The highest BCUT2D eigenvalue weighted by atomic mass is 79.9. The number of benzene rings is 1. The van der Waals surface area contributed by atoms with Gasteiger partial charge in [-0.3, -0.25) is 4.79 Å². The average molecular weight is 362 g/mol. The lowest BCUT2D eigenvalue weighted by atomic mass is 10.1. The summed E-state index contributed by atoms with van der Waals surface area (Å²) in [6.07, 6.45) is 2.28. The van der Waals surface area contributed by atoms with E-state index in [4.69, 9.17) is 9.84 Å². The predicted molar refractivity (Wildman–Crippen MR) is 82.6 cm³/mol. The third-order valence-corrected chi connectivity index (χ3v) is 3.89. The van der Waals surface area contributed by atoms with Crippen LogP contribution in [0.1, 0.15) is 16.8 Å². The van der Waals surface area contributed by atoms with Gasteiger partial charge < -0.3 is 15.2 Å². The molecule has 0 spiro atoms. The van der Waals surface area contributed by atoms with Crippen LogP contribution in [-0.2, 0) is 4.79 Å². The number of nitrogens with one attached hydrogen (secondary N) is 1. The Morgan fingerprint density at radius 3 is 2.70 bits per heavy atom. The minimum atomic E-state index is -1.03. The van der Waals surface area contributed by atoms with Crippen LogP contribution in [0.4, 0.5) is 0 Å². The maximum Gasteiger partial charge on any atom is 0.326 e. The molecule has 2 N–H and O–H groups in total. The number of hydrogen-bond acceptors (Lipinski definition) is 4. The number of rotatable bonds is 7. The monoisotopic (exact) mass is 361 g/mol. The second kappa shape index (κ2) is 8.16. The van der Waals surface area contributed by atoms with Crippen molar-refractivity contribution >= 4 is 39.6 Å². The van der Waals surface area contributed by atoms with Crippen molar-refractivity contribution in [2.24, 2.45) is 0 Å². The molecule has 5 nitrogen and oxygen atoms in total. The SMILES string of the molecule is COc1ccc(C(=O)NC(CCSC)C(=O)O)cc1Br. The second-order valence-electron chi connectivity index (χ2n) is 4.00. The van der Waals surface area contributed by atoms with E-state index >= 15 is 0 Å². The van der Waals surface area contributed by atoms with Gasteiger partial charge in [-0.2, -0.15) is 11.8 Å². The highest BCUT2D eigenvalue weighted by molar-refractivity contribution is 9.10. The molecule has 0 saturated heterocycles. The van der Waals surface area contributed by atoms with E-state index in [9.17, 15) is 9.59 Å². The first-order chi connectivity index (χ1) is 9.49. The molecule has 0 radical (unpaired) electrons. The first-order valence-electron chi connectivity index (χ1n) is 5.85. The number of carboxylic acids is 1. The zero-order valence-corrected chi connectivity index (χ0v) is 13.6. The summed E-state index contributed by atoms with van der Waals surface area (Å²) < 4.78 is 5.72. The maximum atomic E-state index is 12.0.